The number of carbonyl (C=O) groups excluding carboxylic acids is 1. The molecule has 6 nitrogen and oxygen atoms in total. The number of amides is 1. The molecule has 0 aliphatic heterocycles. The van der Waals surface area contributed by atoms with Crippen LogP contribution in [0.3, 0.4) is 0 Å². The van der Waals surface area contributed by atoms with Gasteiger partial charge in [0.2, 0.25) is 5.91 Å². The zero-order valence-corrected chi connectivity index (χ0v) is 16.9. The van der Waals surface area contributed by atoms with Gasteiger partial charge in [-0.25, -0.2) is 0 Å². The molecule has 142 valence electrons. The number of halogens is 1. The number of rotatable bonds is 8. The Morgan fingerprint density at radius 1 is 1.28 bits per heavy atom. The van der Waals surface area contributed by atoms with Crippen LogP contribution in [0.4, 0.5) is 0 Å². The Morgan fingerprint density at radius 2 is 1.92 bits per heavy atom. The monoisotopic (exact) mass is 391 g/mol. The summed E-state index contributed by atoms with van der Waals surface area (Å²) in [4.78, 5) is 14.2. The van der Waals surface area contributed by atoms with Gasteiger partial charge in [0, 0.05) is 37.2 Å². The van der Waals surface area contributed by atoms with Gasteiger partial charge in [-0.1, -0.05) is 32.4 Å². The van der Waals surface area contributed by atoms with E-state index >= 15 is 0 Å². The zero-order valence-electron chi connectivity index (χ0n) is 15.3. The maximum absolute atomic E-state index is 12.6. The molecule has 0 unspecified atom stereocenters. The molecule has 25 heavy (non-hydrogen) atoms. The van der Waals surface area contributed by atoms with Gasteiger partial charge in [0.15, 0.2) is 0 Å². The minimum absolute atomic E-state index is 0.0465. The third-order valence-corrected chi connectivity index (χ3v) is 3.94. The molecule has 0 bridgehead atoms. The largest absolute Gasteiger partial charge is 0.383 e. The SMILES string of the molecule is COCCN(Cc1cc(Cl)ccc1OS(C)(=O)=O)C(=O)CC(C)(C)C. The fourth-order valence-electron chi connectivity index (χ4n) is 2.18. The first kappa shape index (κ1) is 21.7. The Bertz CT molecular complexity index is 697. The van der Waals surface area contributed by atoms with Crippen molar-refractivity contribution in [3.63, 3.8) is 0 Å². The number of hydrogen-bond acceptors (Lipinski definition) is 5. The van der Waals surface area contributed by atoms with Gasteiger partial charge < -0.3 is 13.8 Å². The summed E-state index contributed by atoms with van der Waals surface area (Å²) in [5.41, 5.74) is 0.360. The minimum atomic E-state index is -3.69. The van der Waals surface area contributed by atoms with Crippen LogP contribution in [0.2, 0.25) is 5.02 Å². The van der Waals surface area contributed by atoms with Gasteiger partial charge in [-0.2, -0.15) is 8.42 Å². The van der Waals surface area contributed by atoms with Crippen LogP contribution < -0.4 is 4.18 Å². The standard InChI is InChI=1S/C17H26ClNO5S/c1-17(2,3)11-16(20)19(8-9-23-4)12-13-10-14(18)6-7-15(13)24-25(5,21)22/h6-7,10H,8-9,11-12H2,1-5H3. The molecule has 0 aliphatic carbocycles. The van der Waals surface area contributed by atoms with Gasteiger partial charge in [0.25, 0.3) is 0 Å². The van der Waals surface area contributed by atoms with E-state index in [4.69, 9.17) is 20.5 Å². The Hall–Kier alpha value is -1.31. The highest BCUT2D eigenvalue weighted by molar-refractivity contribution is 7.86. The molecule has 0 spiro atoms. The Morgan fingerprint density at radius 3 is 2.44 bits per heavy atom. The fourth-order valence-corrected chi connectivity index (χ4v) is 2.86. The van der Waals surface area contributed by atoms with Gasteiger partial charge in [-0.3, -0.25) is 4.79 Å². The quantitative estimate of drug-likeness (QED) is 0.636. The molecule has 0 saturated heterocycles. The molecule has 8 heteroatoms. The Balaban J connectivity index is 3.10. The molecule has 0 saturated carbocycles. The van der Waals surface area contributed by atoms with Crippen LogP contribution in [0.5, 0.6) is 5.75 Å². The number of hydrogen-bond donors (Lipinski definition) is 0. The van der Waals surface area contributed by atoms with E-state index in [2.05, 4.69) is 0 Å². The number of benzene rings is 1. The van der Waals surface area contributed by atoms with Crippen molar-refractivity contribution >= 4 is 27.6 Å². The molecule has 1 aromatic carbocycles. The van der Waals surface area contributed by atoms with Crippen LogP contribution in [0.1, 0.15) is 32.8 Å². The fraction of sp³-hybridized carbons (Fsp3) is 0.588. The minimum Gasteiger partial charge on any atom is -0.383 e. The maximum Gasteiger partial charge on any atom is 0.306 e. The van der Waals surface area contributed by atoms with Crippen LogP contribution in [0.15, 0.2) is 18.2 Å². The van der Waals surface area contributed by atoms with E-state index in [0.29, 0.717) is 30.2 Å². The highest BCUT2D eigenvalue weighted by Gasteiger charge is 2.23. The average molecular weight is 392 g/mol. The van der Waals surface area contributed by atoms with Crippen LogP contribution in [-0.4, -0.2) is 45.7 Å². The molecule has 1 amide bonds. The molecule has 0 heterocycles. The average Bonchev–Trinajstić information content (AvgIpc) is 2.42. The number of ether oxygens (including phenoxy) is 1. The summed E-state index contributed by atoms with van der Waals surface area (Å²) in [6.07, 6.45) is 1.33. The second kappa shape index (κ2) is 8.87. The summed E-state index contributed by atoms with van der Waals surface area (Å²) >= 11 is 6.03. The number of nitrogens with zero attached hydrogens (tertiary/aromatic N) is 1. The van der Waals surface area contributed by atoms with Crippen LogP contribution in [-0.2, 0) is 26.2 Å². The van der Waals surface area contributed by atoms with Crippen LogP contribution in [0, 0.1) is 5.41 Å². The topological polar surface area (TPSA) is 72.9 Å². The number of carbonyl (C=O) groups is 1. The number of methoxy groups -OCH3 is 1. The smallest absolute Gasteiger partial charge is 0.306 e. The molecule has 0 atom stereocenters. The lowest BCUT2D eigenvalue weighted by Crippen LogP contribution is -2.35. The second-order valence-corrected chi connectivity index (χ2v) is 9.10. The van der Waals surface area contributed by atoms with Crippen molar-refractivity contribution in [2.45, 2.75) is 33.7 Å². The van der Waals surface area contributed by atoms with Crippen molar-refractivity contribution < 1.29 is 22.1 Å². The predicted molar refractivity (Wildman–Crippen MR) is 98.3 cm³/mol. The molecule has 0 aromatic heterocycles. The predicted octanol–water partition coefficient (Wildman–Crippen LogP) is 3.09. The second-order valence-electron chi connectivity index (χ2n) is 7.09. The first-order valence-corrected chi connectivity index (χ1v) is 10.1. The molecule has 0 fully saturated rings. The van der Waals surface area contributed by atoms with Crippen molar-refractivity contribution in [3.05, 3.63) is 28.8 Å². The van der Waals surface area contributed by atoms with Gasteiger partial charge in [-0.05, 0) is 23.6 Å². The third kappa shape index (κ3) is 8.56. The molecule has 0 N–H and O–H groups in total. The van der Waals surface area contributed by atoms with Gasteiger partial charge in [-0.15, -0.1) is 0 Å². The molecule has 1 rings (SSSR count). The van der Waals surface area contributed by atoms with Crippen molar-refractivity contribution in [3.8, 4) is 5.75 Å². The summed E-state index contributed by atoms with van der Waals surface area (Å²) in [5, 5.41) is 0.436. The summed E-state index contributed by atoms with van der Waals surface area (Å²) in [6, 6.07) is 4.63. The summed E-state index contributed by atoms with van der Waals surface area (Å²) in [6.45, 7) is 6.89. The lowest BCUT2D eigenvalue weighted by molar-refractivity contribution is -0.134. The van der Waals surface area contributed by atoms with Gasteiger partial charge in [0.1, 0.15) is 5.75 Å². The zero-order chi connectivity index (χ0) is 19.3. The molecule has 1 aromatic rings. The van der Waals surface area contributed by atoms with Crippen molar-refractivity contribution in [2.24, 2.45) is 5.41 Å². The van der Waals surface area contributed by atoms with E-state index in [1.54, 1.807) is 24.1 Å². The lowest BCUT2D eigenvalue weighted by atomic mass is 9.91. The van der Waals surface area contributed by atoms with E-state index in [9.17, 15) is 13.2 Å². The third-order valence-electron chi connectivity index (χ3n) is 3.22. The molecule has 0 radical (unpaired) electrons. The van der Waals surface area contributed by atoms with Crippen LogP contribution >= 0.6 is 11.6 Å². The van der Waals surface area contributed by atoms with Crippen molar-refractivity contribution in [2.75, 3.05) is 26.5 Å². The molecule has 0 aliphatic rings. The van der Waals surface area contributed by atoms with E-state index < -0.39 is 10.1 Å². The van der Waals surface area contributed by atoms with Gasteiger partial charge >= 0.3 is 10.1 Å². The molecular formula is C17H26ClNO5S. The lowest BCUT2D eigenvalue weighted by Gasteiger charge is -2.27. The summed E-state index contributed by atoms with van der Waals surface area (Å²) in [5.74, 6) is 0.118. The van der Waals surface area contributed by atoms with Gasteiger partial charge in [0.05, 0.1) is 12.9 Å². The highest BCUT2D eigenvalue weighted by Crippen LogP contribution is 2.27. The summed E-state index contributed by atoms with van der Waals surface area (Å²) < 4.78 is 33.0. The summed E-state index contributed by atoms with van der Waals surface area (Å²) in [7, 11) is -2.13. The highest BCUT2D eigenvalue weighted by atomic mass is 35.5. The van der Waals surface area contributed by atoms with Crippen molar-refractivity contribution in [1.29, 1.82) is 0 Å². The Kier molecular flexibility index (Phi) is 7.71. The Labute approximate surface area is 155 Å². The first-order chi connectivity index (χ1) is 11.4. The van der Waals surface area contributed by atoms with Crippen LogP contribution in [0.25, 0.3) is 0 Å². The van der Waals surface area contributed by atoms with Crippen molar-refractivity contribution in [1.82, 2.24) is 4.90 Å². The van der Waals surface area contributed by atoms with E-state index in [-0.39, 0.29) is 23.6 Å². The first-order valence-electron chi connectivity index (χ1n) is 7.86. The van der Waals surface area contributed by atoms with E-state index in [1.807, 2.05) is 20.8 Å². The van der Waals surface area contributed by atoms with E-state index in [1.165, 1.54) is 6.07 Å². The normalized spacial score (nSPS) is 12.1. The molecular weight excluding hydrogens is 366 g/mol. The maximum atomic E-state index is 12.6. The van der Waals surface area contributed by atoms with E-state index in [0.717, 1.165) is 6.26 Å².